The minimum absolute atomic E-state index is 0.672. The monoisotopic (exact) mass is 431 g/mol. The summed E-state index contributed by atoms with van der Waals surface area (Å²) in [6, 6.07) is 3.99. The van der Waals surface area contributed by atoms with Crippen LogP contribution in [0.25, 0.3) is 16.6 Å². The van der Waals surface area contributed by atoms with E-state index in [1.807, 2.05) is 36.1 Å². The molecule has 6 nitrogen and oxygen atoms in total. The highest BCUT2D eigenvalue weighted by Gasteiger charge is 2.12. The van der Waals surface area contributed by atoms with Gasteiger partial charge in [-0.15, -0.1) is 0 Å². The van der Waals surface area contributed by atoms with Crippen LogP contribution in [0.1, 0.15) is 45.6 Å². The zero-order chi connectivity index (χ0) is 22.9. The molecule has 32 heavy (non-hydrogen) atoms. The molecule has 0 bridgehead atoms. The van der Waals surface area contributed by atoms with Gasteiger partial charge in [0.05, 0.1) is 19.0 Å². The van der Waals surface area contributed by atoms with Gasteiger partial charge in [-0.3, -0.25) is 0 Å². The molecule has 0 saturated carbocycles. The Kier molecular flexibility index (Phi) is 8.20. The van der Waals surface area contributed by atoms with Crippen molar-refractivity contribution < 1.29 is 4.74 Å². The molecule has 0 amide bonds. The van der Waals surface area contributed by atoms with Crippen molar-refractivity contribution in [3.63, 3.8) is 0 Å². The summed E-state index contributed by atoms with van der Waals surface area (Å²) in [5.41, 5.74) is 5.27. The number of nitrogens with zero attached hydrogens (tertiary/aromatic N) is 4. The second kappa shape index (κ2) is 11.3. The lowest BCUT2D eigenvalue weighted by Crippen LogP contribution is -2.07. The molecule has 6 heteroatoms. The van der Waals surface area contributed by atoms with Crippen LogP contribution in [0.3, 0.4) is 0 Å². The Morgan fingerprint density at radius 1 is 1.16 bits per heavy atom. The Morgan fingerprint density at radius 2 is 2.00 bits per heavy atom. The van der Waals surface area contributed by atoms with Crippen LogP contribution in [0.15, 0.2) is 66.3 Å². The van der Waals surface area contributed by atoms with Crippen molar-refractivity contribution in [3.8, 4) is 11.4 Å². The smallest absolute Gasteiger partial charge is 0.147 e. The molecule has 3 rings (SSSR count). The molecule has 0 spiro atoms. The third kappa shape index (κ3) is 5.84. The Hall–Kier alpha value is -3.41. The van der Waals surface area contributed by atoms with E-state index in [0.29, 0.717) is 12.3 Å². The first-order valence-electron chi connectivity index (χ1n) is 11.2. The van der Waals surface area contributed by atoms with Gasteiger partial charge in [-0.25, -0.2) is 14.6 Å². The topological polar surface area (TPSA) is 64.9 Å². The van der Waals surface area contributed by atoms with Crippen molar-refractivity contribution in [2.75, 3.05) is 19.0 Å². The number of fused-ring (bicyclic) bond motifs is 1. The van der Waals surface area contributed by atoms with Gasteiger partial charge in [0.15, 0.2) is 0 Å². The number of anilines is 1. The number of ether oxygens (including phenoxy) is 1. The van der Waals surface area contributed by atoms with Gasteiger partial charge < -0.3 is 10.1 Å². The molecule has 2 aromatic heterocycles. The molecule has 0 aliphatic heterocycles. The second-order valence-corrected chi connectivity index (χ2v) is 7.84. The molecule has 2 heterocycles. The number of aromatic nitrogens is 4. The summed E-state index contributed by atoms with van der Waals surface area (Å²) < 4.78 is 7.46. The molecule has 0 radical (unpaired) electrons. The summed E-state index contributed by atoms with van der Waals surface area (Å²) >= 11 is 0. The predicted molar refractivity (Wildman–Crippen MR) is 133 cm³/mol. The third-order valence-electron chi connectivity index (χ3n) is 5.13. The van der Waals surface area contributed by atoms with Crippen LogP contribution in [-0.2, 0) is 0 Å². The predicted octanol–water partition coefficient (Wildman–Crippen LogP) is 6.18. The lowest BCUT2D eigenvalue weighted by Gasteiger charge is -2.13. The maximum absolute atomic E-state index is 5.62. The Morgan fingerprint density at radius 3 is 2.69 bits per heavy atom. The number of hydrogen-bond donors (Lipinski definition) is 1. The van der Waals surface area contributed by atoms with Crippen LogP contribution in [0.4, 0.5) is 5.82 Å². The van der Waals surface area contributed by atoms with E-state index >= 15 is 0 Å². The minimum atomic E-state index is 0.672. The van der Waals surface area contributed by atoms with Gasteiger partial charge in [-0.05, 0) is 43.9 Å². The largest absolute Gasteiger partial charge is 0.494 e. The van der Waals surface area contributed by atoms with Crippen LogP contribution >= 0.6 is 0 Å². The molecule has 0 fully saturated rings. The molecule has 0 unspecified atom stereocenters. The maximum atomic E-state index is 5.62. The van der Waals surface area contributed by atoms with Crippen molar-refractivity contribution in [2.45, 2.75) is 47.0 Å². The van der Waals surface area contributed by atoms with Gasteiger partial charge in [0, 0.05) is 24.2 Å². The maximum Gasteiger partial charge on any atom is 0.147 e. The molecule has 3 aromatic rings. The molecule has 168 valence electrons. The lowest BCUT2D eigenvalue weighted by molar-refractivity contribution is 0.418. The van der Waals surface area contributed by atoms with Crippen LogP contribution in [-0.4, -0.2) is 33.4 Å². The SMILES string of the molecule is CC/C=C(/C=C\C(C)=C\CCC)CNc1ncnc2c(OC)cc(-n3cc(C)cn3)cc12. The van der Waals surface area contributed by atoms with E-state index in [4.69, 9.17) is 4.74 Å². The second-order valence-electron chi connectivity index (χ2n) is 7.84. The molecule has 0 aliphatic rings. The van der Waals surface area contributed by atoms with E-state index in [0.717, 1.165) is 47.2 Å². The Bertz CT molecular complexity index is 1140. The number of methoxy groups -OCH3 is 1. The summed E-state index contributed by atoms with van der Waals surface area (Å²) in [4.78, 5) is 8.98. The first-order valence-corrected chi connectivity index (χ1v) is 11.2. The summed E-state index contributed by atoms with van der Waals surface area (Å²) in [5, 5.41) is 8.83. The summed E-state index contributed by atoms with van der Waals surface area (Å²) in [6.45, 7) is 9.18. The van der Waals surface area contributed by atoms with Crippen molar-refractivity contribution in [3.05, 3.63) is 71.9 Å². The van der Waals surface area contributed by atoms with Gasteiger partial charge in [0.1, 0.15) is 23.4 Å². The number of aryl methyl sites for hydroxylation is 1. The van der Waals surface area contributed by atoms with E-state index in [2.05, 4.69) is 65.5 Å². The number of hydrogen-bond acceptors (Lipinski definition) is 5. The van der Waals surface area contributed by atoms with E-state index in [1.165, 1.54) is 11.1 Å². The normalized spacial score (nSPS) is 12.7. The van der Waals surface area contributed by atoms with Crippen molar-refractivity contribution in [1.82, 2.24) is 19.7 Å². The highest BCUT2D eigenvalue weighted by Crippen LogP contribution is 2.31. The Labute approximate surface area is 190 Å². The molecule has 0 saturated heterocycles. The minimum Gasteiger partial charge on any atom is -0.494 e. The fraction of sp³-hybridized carbons (Fsp3) is 0.346. The zero-order valence-electron chi connectivity index (χ0n) is 19.7. The first kappa shape index (κ1) is 23.3. The molecular formula is C26H33N5O. The summed E-state index contributed by atoms with van der Waals surface area (Å²) in [6.07, 6.45) is 17.5. The van der Waals surface area contributed by atoms with Gasteiger partial charge in [0.2, 0.25) is 0 Å². The molecule has 1 N–H and O–H groups in total. The van der Waals surface area contributed by atoms with Crippen LogP contribution in [0, 0.1) is 6.92 Å². The standard InChI is InChI=1S/C26H33N5O/c1-6-8-10-19(3)11-12-21(9-7-2)16-27-26-23-13-22(31-17-20(4)15-30-31)14-24(32-5)25(23)28-18-29-26/h9-15,17-18H,6-8,16H2,1-5H3,(H,27,28,29)/b12-11-,19-10+,21-9-. The van der Waals surface area contributed by atoms with Crippen molar-refractivity contribution >= 4 is 16.7 Å². The summed E-state index contributed by atoms with van der Waals surface area (Å²) in [5.74, 6) is 1.46. The lowest BCUT2D eigenvalue weighted by atomic mass is 10.1. The highest BCUT2D eigenvalue weighted by atomic mass is 16.5. The van der Waals surface area contributed by atoms with E-state index in [9.17, 15) is 0 Å². The molecule has 0 aliphatic carbocycles. The number of benzene rings is 1. The average molecular weight is 432 g/mol. The Balaban J connectivity index is 1.90. The number of nitrogens with one attached hydrogen (secondary N) is 1. The van der Waals surface area contributed by atoms with E-state index in [1.54, 1.807) is 13.4 Å². The number of unbranched alkanes of at least 4 members (excludes halogenated alkanes) is 1. The quantitative estimate of drug-likeness (QED) is 0.388. The van der Waals surface area contributed by atoms with Gasteiger partial charge in [-0.2, -0.15) is 5.10 Å². The van der Waals surface area contributed by atoms with Gasteiger partial charge >= 0.3 is 0 Å². The molecule has 1 aromatic carbocycles. The third-order valence-corrected chi connectivity index (χ3v) is 5.13. The fourth-order valence-corrected chi connectivity index (χ4v) is 3.43. The van der Waals surface area contributed by atoms with Crippen molar-refractivity contribution in [2.24, 2.45) is 0 Å². The van der Waals surface area contributed by atoms with Crippen LogP contribution < -0.4 is 10.1 Å². The van der Waals surface area contributed by atoms with Gasteiger partial charge in [-0.1, -0.05) is 50.1 Å². The average Bonchev–Trinajstić information content (AvgIpc) is 3.24. The van der Waals surface area contributed by atoms with Crippen LogP contribution in [0.2, 0.25) is 0 Å². The zero-order valence-corrected chi connectivity index (χ0v) is 19.7. The van der Waals surface area contributed by atoms with E-state index < -0.39 is 0 Å². The number of allylic oxidation sites excluding steroid dienone is 4. The van der Waals surface area contributed by atoms with Gasteiger partial charge in [0.25, 0.3) is 0 Å². The first-order chi connectivity index (χ1) is 15.5. The summed E-state index contributed by atoms with van der Waals surface area (Å²) in [7, 11) is 1.66. The highest BCUT2D eigenvalue weighted by molar-refractivity contribution is 5.94. The van der Waals surface area contributed by atoms with Crippen LogP contribution in [0.5, 0.6) is 5.75 Å². The van der Waals surface area contributed by atoms with E-state index in [-0.39, 0.29) is 0 Å². The fourth-order valence-electron chi connectivity index (χ4n) is 3.43. The van der Waals surface area contributed by atoms with Crippen molar-refractivity contribution in [1.29, 1.82) is 0 Å². The molecule has 0 atom stereocenters. The molecular weight excluding hydrogens is 398 g/mol. The number of rotatable bonds is 10.